The van der Waals surface area contributed by atoms with Crippen LogP contribution in [0.2, 0.25) is 0 Å². The Labute approximate surface area is 143 Å². The van der Waals surface area contributed by atoms with Gasteiger partial charge >= 0.3 is 0 Å². The van der Waals surface area contributed by atoms with Gasteiger partial charge in [-0.2, -0.15) is 0 Å². The zero-order valence-electron chi connectivity index (χ0n) is 13.1. The Hall–Kier alpha value is -2.08. The van der Waals surface area contributed by atoms with Crippen molar-refractivity contribution in [1.29, 1.82) is 0 Å². The van der Waals surface area contributed by atoms with Crippen molar-refractivity contribution in [2.24, 2.45) is 5.92 Å². The van der Waals surface area contributed by atoms with Crippen molar-refractivity contribution in [3.05, 3.63) is 62.5 Å². The molecule has 0 saturated heterocycles. The number of rotatable bonds is 6. The molecule has 1 aromatic heterocycles. The Morgan fingerprint density at radius 2 is 2.13 bits per heavy atom. The van der Waals surface area contributed by atoms with Gasteiger partial charge in [-0.15, -0.1) is 0 Å². The summed E-state index contributed by atoms with van der Waals surface area (Å²) in [5, 5.41) is 2.77. The van der Waals surface area contributed by atoms with Crippen LogP contribution < -0.4 is 15.5 Å². The Balaban J connectivity index is 1.97. The van der Waals surface area contributed by atoms with Crippen molar-refractivity contribution < 1.29 is 9.53 Å². The second-order valence-electron chi connectivity index (χ2n) is 5.58. The number of nitrogens with one attached hydrogen (secondary N) is 2. The number of amides is 1. The summed E-state index contributed by atoms with van der Waals surface area (Å²) in [4.78, 5) is 27.0. The van der Waals surface area contributed by atoms with Gasteiger partial charge in [0.05, 0.1) is 13.2 Å². The largest absolute Gasteiger partial charge is 0.488 e. The highest BCUT2D eigenvalue weighted by atomic mass is 79.9. The quantitative estimate of drug-likeness (QED) is 0.810. The van der Waals surface area contributed by atoms with E-state index in [4.69, 9.17) is 4.74 Å². The van der Waals surface area contributed by atoms with Crippen molar-refractivity contribution in [2.75, 3.05) is 6.61 Å². The molecule has 0 fully saturated rings. The Kier molecular flexibility index (Phi) is 5.98. The molecule has 1 amide bonds. The molecular weight excluding hydrogens is 360 g/mol. The predicted molar refractivity (Wildman–Crippen MR) is 92.7 cm³/mol. The van der Waals surface area contributed by atoms with Crippen LogP contribution in [0.25, 0.3) is 0 Å². The predicted octanol–water partition coefficient (Wildman–Crippen LogP) is 3.10. The number of ether oxygens (including phenoxy) is 1. The molecule has 2 aromatic rings. The number of aromatic nitrogens is 1. The first-order valence-corrected chi connectivity index (χ1v) is 8.13. The van der Waals surface area contributed by atoms with Crippen LogP contribution in [0.1, 0.15) is 29.9 Å². The first-order valence-electron chi connectivity index (χ1n) is 7.34. The second kappa shape index (κ2) is 7.97. The summed E-state index contributed by atoms with van der Waals surface area (Å²) in [6.07, 6.45) is 1.53. The van der Waals surface area contributed by atoms with Gasteiger partial charge in [-0.1, -0.05) is 35.8 Å². The topological polar surface area (TPSA) is 71.2 Å². The maximum absolute atomic E-state index is 12.1. The summed E-state index contributed by atoms with van der Waals surface area (Å²) in [7, 11) is 0. The van der Waals surface area contributed by atoms with Gasteiger partial charge in [-0.3, -0.25) is 9.59 Å². The second-order valence-corrected chi connectivity index (χ2v) is 6.50. The lowest BCUT2D eigenvalue weighted by molar-refractivity contribution is 0.0950. The van der Waals surface area contributed by atoms with Crippen LogP contribution in [0.3, 0.4) is 0 Å². The molecule has 0 aliphatic carbocycles. The molecule has 0 aliphatic heterocycles. The van der Waals surface area contributed by atoms with Gasteiger partial charge < -0.3 is 15.0 Å². The van der Waals surface area contributed by atoms with Crippen molar-refractivity contribution in [3.8, 4) is 5.75 Å². The Morgan fingerprint density at radius 1 is 1.35 bits per heavy atom. The molecule has 5 nitrogen and oxygen atoms in total. The maximum Gasteiger partial charge on any atom is 0.251 e. The number of hydrogen-bond acceptors (Lipinski definition) is 3. The minimum atomic E-state index is -0.202. The summed E-state index contributed by atoms with van der Waals surface area (Å²) in [5.41, 5.74) is 0.977. The minimum Gasteiger partial charge on any atom is -0.488 e. The number of carbonyl (C=O) groups is 1. The first kappa shape index (κ1) is 17.3. The van der Waals surface area contributed by atoms with Crippen LogP contribution in [0.15, 0.2) is 45.8 Å². The van der Waals surface area contributed by atoms with E-state index < -0.39 is 0 Å². The molecule has 2 N–H and O–H groups in total. The monoisotopic (exact) mass is 378 g/mol. The molecule has 0 unspecified atom stereocenters. The van der Waals surface area contributed by atoms with E-state index in [2.05, 4.69) is 26.2 Å². The molecule has 0 atom stereocenters. The van der Waals surface area contributed by atoms with E-state index >= 15 is 0 Å². The highest BCUT2D eigenvalue weighted by molar-refractivity contribution is 9.10. The Bertz CT molecular complexity index is 741. The van der Waals surface area contributed by atoms with Gasteiger partial charge in [0.2, 0.25) is 5.43 Å². The lowest BCUT2D eigenvalue weighted by Crippen LogP contribution is -2.24. The molecule has 122 valence electrons. The minimum absolute atomic E-state index is 0.198. The Morgan fingerprint density at radius 3 is 2.78 bits per heavy atom. The van der Waals surface area contributed by atoms with Gasteiger partial charge in [0, 0.05) is 28.0 Å². The van der Waals surface area contributed by atoms with Crippen LogP contribution in [-0.2, 0) is 6.54 Å². The van der Waals surface area contributed by atoms with Crippen molar-refractivity contribution >= 4 is 21.8 Å². The van der Waals surface area contributed by atoms with Gasteiger partial charge in [0.25, 0.3) is 5.91 Å². The first-order chi connectivity index (χ1) is 11.0. The maximum atomic E-state index is 12.1. The fourth-order valence-corrected chi connectivity index (χ4v) is 2.28. The van der Waals surface area contributed by atoms with E-state index in [-0.39, 0.29) is 17.9 Å². The fraction of sp³-hybridized carbons (Fsp3) is 0.294. The SMILES string of the molecule is CC(C)COc1c[nH]c(CNC(=O)c2cccc(Br)c2)cc1=O. The number of H-pyrrole nitrogens is 1. The molecular formula is C17H19BrN2O3. The summed E-state index contributed by atoms with van der Waals surface area (Å²) in [6, 6.07) is 8.55. The summed E-state index contributed by atoms with van der Waals surface area (Å²) < 4.78 is 6.26. The third kappa shape index (κ3) is 5.25. The highest BCUT2D eigenvalue weighted by Gasteiger charge is 2.07. The van der Waals surface area contributed by atoms with Crippen molar-refractivity contribution in [1.82, 2.24) is 10.3 Å². The van der Waals surface area contributed by atoms with E-state index in [1.807, 2.05) is 19.9 Å². The molecule has 0 radical (unpaired) electrons. The fourth-order valence-electron chi connectivity index (χ4n) is 1.88. The lowest BCUT2D eigenvalue weighted by Gasteiger charge is -2.09. The molecule has 2 rings (SSSR count). The lowest BCUT2D eigenvalue weighted by atomic mass is 10.2. The molecule has 0 aliphatic rings. The van der Waals surface area contributed by atoms with E-state index in [1.54, 1.807) is 18.2 Å². The van der Waals surface area contributed by atoms with Crippen LogP contribution in [-0.4, -0.2) is 17.5 Å². The van der Waals surface area contributed by atoms with Crippen molar-refractivity contribution in [2.45, 2.75) is 20.4 Å². The van der Waals surface area contributed by atoms with E-state index in [9.17, 15) is 9.59 Å². The smallest absolute Gasteiger partial charge is 0.251 e. The molecule has 0 saturated carbocycles. The average Bonchev–Trinajstić information content (AvgIpc) is 2.51. The van der Waals surface area contributed by atoms with E-state index in [0.717, 1.165) is 4.47 Å². The molecule has 23 heavy (non-hydrogen) atoms. The van der Waals surface area contributed by atoms with Gasteiger partial charge in [-0.25, -0.2) is 0 Å². The average molecular weight is 379 g/mol. The van der Waals surface area contributed by atoms with Crippen LogP contribution >= 0.6 is 15.9 Å². The van der Waals surface area contributed by atoms with Crippen LogP contribution in [0, 0.1) is 5.92 Å². The normalized spacial score (nSPS) is 10.6. The van der Waals surface area contributed by atoms with Crippen LogP contribution in [0.5, 0.6) is 5.75 Å². The van der Waals surface area contributed by atoms with E-state index in [0.29, 0.717) is 29.5 Å². The molecule has 6 heteroatoms. The number of hydrogen-bond donors (Lipinski definition) is 2. The third-order valence-corrected chi connectivity index (χ3v) is 3.53. The number of aromatic amines is 1. The summed E-state index contributed by atoms with van der Waals surface area (Å²) >= 11 is 3.33. The third-order valence-electron chi connectivity index (χ3n) is 3.04. The summed E-state index contributed by atoms with van der Waals surface area (Å²) in [6.45, 7) is 4.76. The zero-order chi connectivity index (χ0) is 16.8. The zero-order valence-corrected chi connectivity index (χ0v) is 14.6. The van der Waals surface area contributed by atoms with Crippen LogP contribution in [0.4, 0.5) is 0 Å². The number of carbonyl (C=O) groups excluding carboxylic acids is 1. The molecule has 1 heterocycles. The number of pyridine rings is 1. The number of benzene rings is 1. The van der Waals surface area contributed by atoms with Gasteiger partial charge in [0.1, 0.15) is 0 Å². The van der Waals surface area contributed by atoms with Gasteiger partial charge in [0.15, 0.2) is 5.75 Å². The molecule has 0 spiro atoms. The molecule has 0 bridgehead atoms. The highest BCUT2D eigenvalue weighted by Crippen LogP contribution is 2.11. The van der Waals surface area contributed by atoms with Gasteiger partial charge in [-0.05, 0) is 24.1 Å². The summed E-state index contributed by atoms with van der Waals surface area (Å²) in [5.74, 6) is 0.437. The number of halogens is 1. The van der Waals surface area contributed by atoms with E-state index in [1.165, 1.54) is 12.3 Å². The molecule has 1 aromatic carbocycles. The van der Waals surface area contributed by atoms with Crippen molar-refractivity contribution in [3.63, 3.8) is 0 Å². The standard InChI is InChI=1S/C17H19BrN2O3/c1-11(2)10-23-16-9-19-14(7-15(16)21)8-20-17(22)12-4-3-5-13(18)6-12/h3-7,9,11H,8,10H2,1-2H3,(H,19,21)(H,20,22).